The monoisotopic (exact) mass is 236 g/mol. The summed E-state index contributed by atoms with van der Waals surface area (Å²) in [6.07, 6.45) is 0.707. The fraction of sp³-hybridized carbons (Fsp3) is 0.462. The molecule has 1 amide bonds. The largest absolute Gasteiger partial charge is 0.507 e. The number of rotatable bonds is 4. The van der Waals surface area contributed by atoms with Gasteiger partial charge in [0.25, 0.3) is 5.91 Å². The number of carbonyl (C=O) groups excluding carboxylic acids is 1. The predicted octanol–water partition coefficient (Wildman–Crippen LogP) is 1.56. The Balaban J connectivity index is 2.73. The lowest BCUT2D eigenvalue weighted by Gasteiger charge is -2.16. The minimum absolute atomic E-state index is 0.0117. The number of nitrogens with two attached hydrogens (primary N) is 1. The van der Waals surface area contributed by atoms with E-state index in [1.807, 2.05) is 13.8 Å². The quantitative estimate of drug-likeness (QED) is 0.742. The van der Waals surface area contributed by atoms with Gasteiger partial charge in [0.05, 0.1) is 5.56 Å². The number of benzene rings is 1. The van der Waals surface area contributed by atoms with Gasteiger partial charge >= 0.3 is 0 Å². The second kappa shape index (κ2) is 5.68. The van der Waals surface area contributed by atoms with Crippen LogP contribution in [-0.4, -0.2) is 23.1 Å². The Morgan fingerprint density at radius 3 is 2.71 bits per heavy atom. The Hall–Kier alpha value is -1.55. The highest BCUT2D eigenvalue weighted by molar-refractivity contribution is 5.97. The van der Waals surface area contributed by atoms with Crippen molar-refractivity contribution < 1.29 is 9.90 Å². The zero-order chi connectivity index (χ0) is 13.0. The summed E-state index contributed by atoms with van der Waals surface area (Å²) >= 11 is 0. The van der Waals surface area contributed by atoms with E-state index in [0.717, 1.165) is 0 Å². The number of phenols is 1. The van der Waals surface area contributed by atoms with Crippen molar-refractivity contribution >= 4 is 5.91 Å². The van der Waals surface area contributed by atoms with Gasteiger partial charge in [0, 0.05) is 12.1 Å². The molecule has 1 aromatic carbocycles. The number of nitrogens with one attached hydrogen (secondary N) is 1. The van der Waals surface area contributed by atoms with Crippen molar-refractivity contribution in [3.8, 4) is 5.75 Å². The molecule has 1 rings (SSSR count). The molecular formula is C13H20N2O2. The second-order valence-corrected chi connectivity index (χ2v) is 4.56. The molecule has 2 atom stereocenters. The van der Waals surface area contributed by atoms with Gasteiger partial charge in [0.1, 0.15) is 5.75 Å². The van der Waals surface area contributed by atoms with Crippen molar-refractivity contribution in [1.82, 2.24) is 5.32 Å². The standard InChI is InChI=1S/C13H20N2O2/c1-8-5-4-6-11(12(8)16)13(17)15-10(3)7-9(2)14/h4-6,9-10,16H,7,14H2,1-3H3,(H,15,17). The molecule has 0 aliphatic carbocycles. The smallest absolute Gasteiger partial charge is 0.255 e. The van der Waals surface area contributed by atoms with Crippen molar-refractivity contribution in [3.05, 3.63) is 29.3 Å². The lowest BCUT2D eigenvalue weighted by atomic mass is 10.1. The van der Waals surface area contributed by atoms with Crippen molar-refractivity contribution in [2.75, 3.05) is 0 Å². The molecule has 0 aliphatic heterocycles. The minimum atomic E-state index is -0.264. The van der Waals surface area contributed by atoms with Crippen LogP contribution in [-0.2, 0) is 0 Å². The van der Waals surface area contributed by atoms with Gasteiger partial charge in [-0.1, -0.05) is 12.1 Å². The highest BCUT2D eigenvalue weighted by atomic mass is 16.3. The molecule has 0 spiro atoms. The third-order valence-electron chi connectivity index (χ3n) is 2.59. The van der Waals surface area contributed by atoms with Crippen LogP contribution in [0.25, 0.3) is 0 Å². The molecule has 0 aromatic heterocycles. The number of hydrogen-bond acceptors (Lipinski definition) is 3. The molecule has 0 saturated heterocycles. The molecule has 94 valence electrons. The molecule has 4 nitrogen and oxygen atoms in total. The maximum atomic E-state index is 11.9. The van der Waals surface area contributed by atoms with Gasteiger partial charge in [-0.25, -0.2) is 0 Å². The zero-order valence-corrected chi connectivity index (χ0v) is 10.5. The first kappa shape index (κ1) is 13.5. The number of aryl methyl sites for hydroxylation is 1. The van der Waals surface area contributed by atoms with Crippen LogP contribution in [0.4, 0.5) is 0 Å². The van der Waals surface area contributed by atoms with Gasteiger partial charge in [0.15, 0.2) is 0 Å². The molecule has 0 fully saturated rings. The summed E-state index contributed by atoms with van der Waals surface area (Å²) in [5.41, 5.74) is 6.66. The maximum Gasteiger partial charge on any atom is 0.255 e. The Morgan fingerprint density at radius 1 is 1.47 bits per heavy atom. The maximum absolute atomic E-state index is 11.9. The number of amides is 1. The Kier molecular flexibility index (Phi) is 4.52. The highest BCUT2D eigenvalue weighted by Gasteiger charge is 2.15. The summed E-state index contributed by atoms with van der Waals surface area (Å²) in [7, 11) is 0. The minimum Gasteiger partial charge on any atom is -0.507 e. The fourth-order valence-electron chi connectivity index (χ4n) is 1.76. The highest BCUT2D eigenvalue weighted by Crippen LogP contribution is 2.21. The molecule has 0 radical (unpaired) electrons. The number of hydrogen-bond donors (Lipinski definition) is 3. The first-order chi connectivity index (χ1) is 7.91. The van der Waals surface area contributed by atoms with Crippen LogP contribution >= 0.6 is 0 Å². The number of carbonyl (C=O) groups is 1. The first-order valence-electron chi connectivity index (χ1n) is 5.76. The lowest BCUT2D eigenvalue weighted by Crippen LogP contribution is -2.36. The number of phenolic OH excluding ortho intramolecular Hbond substituents is 1. The number of aromatic hydroxyl groups is 1. The summed E-state index contributed by atoms with van der Waals surface area (Å²) in [5.74, 6) is -0.225. The second-order valence-electron chi connectivity index (χ2n) is 4.56. The zero-order valence-electron chi connectivity index (χ0n) is 10.5. The molecule has 17 heavy (non-hydrogen) atoms. The van der Waals surface area contributed by atoms with Gasteiger partial charge in [-0.2, -0.15) is 0 Å². The topological polar surface area (TPSA) is 75.4 Å². The van der Waals surface area contributed by atoms with Crippen LogP contribution in [0, 0.1) is 6.92 Å². The molecule has 0 bridgehead atoms. The van der Waals surface area contributed by atoms with Crippen LogP contribution in [0.5, 0.6) is 5.75 Å². The van der Waals surface area contributed by atoms with E-state index in [-0.39, 0.29) is 23.7 Å². The molecule has 0 heterocycles. The molecule has 4 N–H and O–H groups in total. The van der Waals surface area contributed by atoms with E-state index in [9.17, 15) is 9.90 Å². The average Bonchev–Trinajstić information content (AvgIpc) is 2.20. The molecule has 4 heteroatoms. The third-order valence-corrected chi connectivity index (χ3v) is 2.59. The van der Waals surface area contributed by atoms with Crippen LogP contribution in [0.1, 0.15) is 36.2 Å². The predicted molar refractivity (Wildman–Crippen MR) is 68.0 cm³/mol. The Bertz CT molecular complexity index is 402. The van der Waals surface area contributed by atoms with E-state index in [0.29, 0.717) is 17.5 Å². The van der Waals surface area contributed by atoms with Gasteiger partial charge in [-0.15, -0.1) is 0 Å². The summed E-state index contributed by atoms with van der Waals surface area (Å²) < 4.78 is 0. The summed E-state index contributed by atoms with van der Waals surface area (Å²) in [5, 5.41) is 12.6. The number of para-hydroxylation sites is 1. The van der Waals surface area contributed by atoms with E-state index in [2.05, 4.69) is 5.32 Å². The summed E-state index contributed by atoms with van der Waals surface area (Å²) in [4.78, 5) is 11.9. The molecular weight excluding hydrogens is 216 g/mol. The van der Waals surface area contributed by atoms with E-state index in [1.54, 1.807) is 25.1 Å². The molecule has 1 aromatic rings. The van der Waals surface area contributed by atoms with E-state index >= 15 is 0 Å². The first-order valence-corrected chi connectivity index (χ1v) is 5.76. The van der Waals surface area contributed by atoms with Gasteiger partial charge in [-0.3, -0.25) is 4.79 Å². The normalized spacial score (nSPS) is 14.1. The van der Waals surface area contributed by atoms with Crippen LogP contribution in [0.3, 0.4) is 0 Å². The Labute approximate surface area is 102 Å². The third kappa shape index (κ3) is 3.75. The van der Waals surface area contributed by atoms with Crippen LogP contribution < -0.4 is 11.1 Å². The molecule has 2 unspecified atom stereocenters. The van der Waals surface area contributed by atoms with Gasteiger partial charge in [-0.05, 0) is 38.8 Å². The van der Waals surface area contributed by atoms with E-state index in [4.69, 9.17) is 5.73 Å². The van der Waals surface area contributed by atoms with Crippen LogP contribution in [0.15, 0.2) is 18.2 Å². The summed E-state index contributed by atoms with van der Waals surface area (Å²) in [6.45, 7) is 5.55. The van der Waals surface area contributed by atoms with Crippen molar-refractivity contribution in [2.45, 2.75) is 39.3 Å². The van der Waals surface area contributed by atoms with Gasteiger partial charge < -0.3 is 16.2 Å². The average molecular weight is 236 g/mol. The van der Waals surface area contributed by atoms with Crippen molar-refractivity contribution in [1.29, 1.82) is 0 Å². The summed E-state index contributed by atoms with van der Waals surface area (Å²) in [6, 6.07) is 5.15. The van der Waals surface area contributed by atoms with Crippen molar-refractivity contribution in [2.24, 2.45) is 5.73 Å². The van der Waals surface area contributed by atoms with E-state index < -0.39 is 0 Å². The molecule has 0 saturated carbocycles. The SMILES string of the molecule is Cc1cccc(C(=O)NC(C)CC(C)N)c1O. The van der Waals surface area contributed by atoms with E-state index in [1.165, 1.54) is 0 Å². The van der Waals surface area contributed by atoms with Crippen LogP contribution in [0.2, 0.25) is 0 Å². The fourth-order valence-corrected chi connectivity index (χ4v) is 1.76. The van der Waals surface area contributed by atoms with Crippen molar-refractivity contribution in [3.63, 3.8) is 0 Å². The molecule has 0 aliphatic rings. The Morgan fingerprint density at radius 2 is 2.12 bits per heavy atom. The van der Waals surface area contributed by atoms with Gasteiger partial charge in [0.2, 0.25) is 0 Å². The lowest BCUT2D eigenvalue weighted by molar-refractivity contribution is 0.0935.